The summed E-state index contributed by atoms with van der Waals surface area (Å²) in [5.74, 6) is 0.564. The van der Waals surface area contributed by atoms with Crippen LogP contribution in [-0.4, -0.2) is 37.0 Å². The molecule has 3 rings (SSSR count). The van der Waals surface area contributed by atoms with Crippen molar-refractivity contribution in [3.8, 4) is 0 Å². The minimum Gasteiger partial charge on any atom is -0.360 e. The number of amides is 1. The highest BCUT2D eigenvalue weighted by molar-refractivity contribution is 7.92. The van der Waals surface area contributed by atoms with Gasteiger partial charge >= 0.3 is 0 Å². The van der Waals surface area contributed by atoms with Crippen molar-refractivity contribution in [1.82, 2.24) is 10.1 Å². The molecule has 0 saturated carbocycles. The van der Waals surface area contributed by atoms with Crippen LogP contribution in [0.25, 0.3) is 0 Å². The third-order valence-electron chi connectivity index (χ3n) is 4.86. The molecule has 1 aromatic heterocycles. The molecular formula is C19H26N4O4S. The van der Waals surface area contributed by atoms with Crippen LogP contribution in [-0.2, 0) is 27.8 Å². The Morgan fingerprint density at radius 1 is 1.36 bits per heavy atom. The molecule has 0 saturated heterocycles. The fourth-order valence-electron chi connectivity index (χ4n) is 3.28. The van der Waals surface area contributed by atoms with Gasteiger partial charge in [-0.05, 0) is 43.0 Å². The molecule has 1 aliphatic rings. The second kappa shape index (κ2) is 8.32. The van der Waals surface area contributed by atoms with Crippen LogP contribution in [0.5, 0.6) is 0 Å². The van der Waals surface area contributed by atoms with Crippen LogP contribution in [0, 0.1) is 6.92 Å². The summed E-state index contributed by atoms with van der Waals surface area (Å²) in [6.07, 6.45) is 3.24. The van der Waals surface area contributed by atoms with E-state index in [0.29, 0.717) is 31.7 Å². The number of carbonyl (C=O) groups is 1. The van der Waals surface area contributed by atoms with E-state index in [4.69, 9.17) is 10.3 Å². The summed E-state index contributed by atoms with van der Waals surface area (Å²) in [6, 6.07) is 5.98. The Morgan fingerprint density at radius 2 is 2.14 bits per heavy atom. The van der Waals surface area contributed by atoms with E-state index in [1.165, 1.54) is 6.07 Å². The number of anilines is 1. The monoisotopic (exact) mass is 406 g/mol. The Kier molecular flexibility index (Phi) is 6.04. The molecule has 1 amide bonds. The maximum atomic E-state index is 12.6. The number of aryl methyl sites for hydroxylation is 1. The van der Waals surface area contributed by atoms with Crippen LogP contribution in [0.3, 0.4) is 0 Å². The lowest BCUT2D eigenvalue weighted by Gasteiger charge is -2.31. The van der Waals surface area contributed by atoms with Crippen LogP contribution in [0.15, 0.2) is 33.7 Å². The normalized spacial score (nSPS) is 15.2. The Hall–Kier alpha value is -2.39. The van der Waals surface area contributed by atoms with Crippen molar-refractivity contribution in [3.05, 3.63) is 41.2 Å². The summed E-state index contributed by atoms with van der Waals surface area (Å²) in [4.78, 5) is 14.4. The highest BCUT2D eigenvalue weighted by Crippen LogP contribution is 2.24. The van der Waals surface area contributed by atoms with Crippen LogP contribution in [0.4, 0.5) is 5.82 Å². The van der Waals surface area contributed by atoms with Gasteiger partial charge in [0.25, 0.3) is 10.0 Å². The highest BCUT2D eigenvalue weighted by atomic mass is 32.2. The van der Waals surface area contributed by atoms with Crippen LogP contribution >= 0.6 is 0 Å². The Labute approximate surface area is 165 Å². The number of carbonyl (C=O) groups excluding carboxylic acids is 1. The van der Waals surface area contributed by atoms with E-state index >= 15 is 0 Å². The molecule has 0 aliphatic carbocycles. The number of nitrogens with one attached hydrogen (secondary N) is 1. The maximum absolute atomic E-state index is 12.6. The summed E-state index contributed by atoms with van der Waals surface area (Å²) in [5.41, 5.74) is 7.89. The fraction of sp³-hybridized carbons (Fsp3) is 0.474. The van der Waals surface area contributed by atoms with Gasteiger partial charge in [-0.2, -0.15) is 0 Å². The number of nitrogens with zero attached hydrogens (tertiary/aromatic N) is 2. The van der Waals surface area contributed by atoms with Gasteiger partial charge in [-0.1, -0.05) is 31.0 Å². The lowest BCUT2D eigenvalue weighted by atomic mass is 9.99. The molecule has 8 nitrogen and oxygen atoms in total. The molecule has 1 aliphatic heterocycles. The molecule has 28 heavy (non-hydrogen) atoms. The number of sulfonamides is 1. The molecule has 0 spiro atoms. The topological polar surface area (TPSA) is 119 Å². The second-order valence-electron chi connectivity index (χ2n) is 7.12. The van der Waals surface area contributed by atoms with E-state index < -0.39 is 16.1 Å². The molecule has 2 aromatic rings. The van der Waals surface area contributed by atoms with Crippen molar-refractivity contribution in [1.29, 1.82) is 0 Å². The standard InChI is InChI=1S/C19H26N4O4S/c1-3-4-5-17(20)19(24)23-9-8-14-6-7-16(11-15(14)12-23)28(25,26)22-18-10-13(2)27-21-18/h6-7,10-11,17H,3-5,8-9,12,20H2,1-2H3,(H,21,22)/t17-/m0/s1. The van der Waals surface area contributed by atoms with Crippen molar-refractivity contribution in [3.63, 3.8) is 0 Å². The summed E-state index contributed by atoms with van der Waals surface area (Å²) in [5, 5.41) is 3.66. The number of aromatic nitrogens is 1. The first kappa shape index (κ1) is 20.3. The molecule has 0 fully saturated rings. The van der Waals surface area contributed by atoms with Crippen molar-refractivity contribution < 1.29 is 17.7 Å². The van der Waals surface area contributed by atoms with E-state index in [0.717, 1.165) is 24.0 Å². The van der Waals surface area contributed by atoms with Crippen LogP contribution in [0.1, 0.15) is 43.1 Å². The molecule has 2 heterocycles. The van der Waals surface area contributed by atoms with E-state index in [1.54, 1.807) is 30.0 Å². The van der Waals surface area contributed by atoms with Crippen LogP contribution < -0.4 is 10.5 Å². The SMILES string of the molecule is CCCC[C@H](N)C(=O)N1CCc2ccc(S(=O)(=O)Nc3cc(C)on3)cc2C1. The van der Waals surface area contributed by atoms with Gasteiger partial charge in [0, 0.05) is 19.2 Å². The lowest BCUT2D eigenvalue weighted by molar-refractivity contribution is -0.133. The zero-order chi connectivity index (χ0) is 20.3. The predicted octanol–water partition coefficient (Wildman–Crippen LogP) is 2.19. The first-order chi connectivity index (χ1) is 13.3. The van der Waals surface area contributed by atoms with Gasteiger partial charge in [0.15, 0.2) is 5.82 Å². The van der Waals surface area contributed by atoms with Gasteiger partial charge in [0.05, 0.1) is 10.9 Å². The highest BCUT2D eigenvalue weighted by Gasteiger charge is 2.26. The number of nitrogens with two attached hydrogens (primary N) is 1. The van der Waals surface area contributed by atoms with Gasteiger partial charge in [0.1, 0.15) is 5.76 Å². The summed E-state index contributed by atoms with van der Waals surface area (Å²) in [7, 11) is -3.80. The van der Waals surface area contributed by atoms with E-state index in [9.17, 15) is 13.2 Å². The number of unbranched alkanes of at least 4 members (excludes halogenated alkanes) is 1. The first-order valence-corrected chi connectivity index (χ1v) is 10.9. The molecular weight excluding hydrogens is 380 g/mol. The van der Waals surface area contributed by atoms with Crippen LogP contribution in [0.2, 0.25) is 0 Å². The number of benzene rings is 1. The minimum atomic E-state index is -3.80. The van der Waals surface area contributed by atoms with E-state index in [-0.39, 0.29) is 16.6 Å². The predicted molar refractivity (Wildman–Crippen MR) is 105 cm³/mol. The molecule has 152 valence electrons. The number of hydrogen-bond donors (Lipinski definition) is 2. The largest absolute Gasteiger partial charge is 0.360 e. The molecule has 9 heteroatoms. The van der Waals surface area contributed by atoms with Crippen molar-refractivity contribution in [2.24, 2.45) is 5.73 Å². The summed E-state index contributed by atoms with van der Waals surface area (Å²) < 4.78 is 32.6. The summed E-state index contributed by atoms with van der Waals surface area (Å²) in [6.45, 7) is 4.69. The van der Waals surface area contributed by atoms with Gasteiger partial charge in [-0.15, -0.1) is 0 Å². The summed E-state index contributed by atoms with van der Waals surface area (Å²) >= 11 is 0. The second-order valence-corrected chi connectivity index (χ2v) is 8.80. The maximum Gasteiger partial charge on any atom is 0.263 e. The Bertz CT molecular complexity index is 955. The third kappa shape index (κ3) is 4.53. The van der Waals surface area contributed by atoms with Crippen molar-refractivity contribution in [2.75, 3.05) is 11.3 Å². The quantitative estimate of drug-likeness (QED) is 0.727. The molecule has 1 atom stereocenters. The first-order valence-electron chi connectivity index (χ1n) is 9.42. The number of fused-ring (bicyclic) bond motifs is 1. The molecule has 0 bridgehead atoms. The number of rotatable bonds is 7. The van der Waals surface area contributed by atoms with Gasteiger partial charge in [0.2, 0.25) is 5.91 Å². The third-order valence-corrected chi connectivity index (χ3v) is 6.22. The molecule has 3 N–H and O–H groups in total. The lowest BCUT2D eigenvalue weighted by Crippen LogP contribution is -2.45. The van der Waals surface area contributed by atoms with Crippen molar-refractivity contribution in [2.45, 2.75) is 57.0 Å². The average molecular weight is 407 g/mol. The Morgan fingerprint density at radius 3 is 2.82 bits per heavy atom. The fourth-order valence-corrected chi connectivity index (χ4v) is 4.32. The van der Waals surface area contributed by atoms with Gasteiger partial charge < -0.3 is 15.2 Å². The molecule has 0 unspecified atom stereocenters. The minimum absolute atomic E-state index is 0.0800. The number of hydrogen-bond acceptors (Lipinski definition) is 6. The van der Waals surface area contributed by atoms with Gasteiger partial charge in [-0.25, -0.2) is 8.42 Å². The van der Waals surface area contributed by atoms with Crippen molar-refractivity contribution >= 4 is 21.7 Å². The smallest absolute Gasteiger partial charge is 0.263 e. The average Bonchev–Trinajstić information content (AvgIpc) is 3.08. The van der Waals surface area contributed by atoms with Gasteiger partial charge in [-0.3, -0.25) is 9.52 Å². The Balaban J connectivity index is 1.76. The molecule has 1 aromatic carbocycles. The van der Waals surface area contributed by atoms with E-state index in [1.807, 2.05) is 0 Å². The zero-order valence-electron chi connectivity index (χ0n) is 16.1. The zero-order valence-corrected chi connectivity index (χ0v) is 17.0. The molecule has 0 radical (unpaired) electrons. The van der Waals surface area contributed by atoms with E-state index in [2.05, 4.69) is 16.8 Å².